The topological polar surface area (TPSA) is 220 Å². The van der Waals surface area contributed by atoms with Crippen molar-refractivity contribution in [1.82, 2.24) is 106 Å². The zero-order chi connectivity index (χ0) is 92.2. The molecule has 0 radical (unpaired) electrons. The molecule has 30 rings (SSSR count). The summed E-state index contributed by atoms with van der Waals surface area (Å²) < 4.78 is 18.1. The van der Waals surface area contributed by atoms with E-state index >= 15 is 0 Å². The molecule has 22 heteroatoms. The molecule has 22 heterocycles. The summed E-state index contributed by atoms with van der Waals surface area (Å²) in [5, 5.41) is 15.6. The van der Waals surface area contributed by atoms with Gasteiger partial charge in [-0.05, 0) is 229 Å². The monoisotopic (exact) mass is 1800 g/mol. The number of hydrogen-bond acceptors (Lipinski definition) is 14. The minimum Gasteiger partial charge on any atom is -0.309 e. The molecule has 0 aliphatic heterocycles. The third kappa shape index (κ3) is 13.1. The van der Waals surface area contributed by atoms with Crippen molar-refractivity contribution in [1.29, 1.82) is 0 Å². The van der Waals surface area contributed by atoms with Gasteiger partial charge in [0, 0.05) is 257 Å². The van der Waals surface area contributed by atoms with E-state index in [1.807, 2.05) is 185 Å². The third-order valence-electron chi connectivity index (χ3n) is 26.8. The summed E-state index contributed by atoms with van der Waals surface area (Å²) in [6.45, 7) is 0. The van der Waals surface area contributed by atoms with Gasteiger partial charge in [0.15, 0.2) is 0 Å². The van der Waals surface area contributed by atoms with Crippen molar-refractivity contribution in [3.05, 3.63) is 452 Å². The molecule has 8 aromatic carbocycles. The van der Waals surface area contributed by atoms with E-state index < -0.39 is 0 Å². The molecule has 22 nitrogen and oxygen atoms in total. The van der Waals surface area contributed by atoms with Crippen LogP contribution < -0.4 is 0 Å². The molecule has 0 amide bonds. The maximum Gasteiger partial charge on any atom is 0.145 e. The molecule has 0 fully saturated rings. The first-order valence-electron chi connectivity index (χ1n) is 46.0. The molecule has 30 aromatic rings. The predicted octanol–water partition coefficient (Wildman–Crippen LogP) is 26.4. The van der Waals surface area contributed by atoms with Crippen molar-refractivity contribution in [2.45, 2.75) is 0 Å². The van der Waals surface area contributed by atoms with Crippen LogP contribution in [0.5, 0.6) is 0 Å². The van der Waals surface area contributed by atoms with Crippen molar-refractivity contribution >= 4 is 175 Å². The molecule has 22 aromatic heterocycles. The SMILES string of the molecule is c1cc(-c2cccc(-n3c4ccccc4c4ncccc43)c2)cc(-n2c3ccccc3c3ncccc32)c1.c1cc(-c2cccc(-n3c4ccncc4c4cnccc43)c2)cc(-n2c3ccncc3c3cnccc32)c1.c1cc(-n2c3ccncc3c3cnccc32)cc(-n2c3ccncc3c3cnccc32)c1.c1cc(-n2c3cnccc3c3cccnc32)cc(-n2c3cnccc3c3cccnc32)c1. The Bertz CT molecular complexity index is 8620. The highest BCUT2D eigenvalue weighted by molar-refractivity contribution is 6.15. The van der Waals surface area contributed by atoms with Gasteiger partial charge in [-0.25, -0.2) is 9.97 Å². The van der Waals surface area contributed by atoms with Crippen molar-refractivity contribution in [3.63, 3.8) is 0 Å². The number of pyridine rings is 14. The molecule has 140 heavy (non-hydrogen) atoms. The second-order valence-corrected chi connectivity index (χ2v) is 34.4. The van der Waals surface area contributed by atoms with Crippen LogP contribution in [0.25, 0.3) is 243 Å². The lowest BCUT2D eigenvalue weighted by Crippen LogP contribution is -2.00. The van der Waals surface area contributed by atoms with Gasteiger partial charge in [0.25, 0.3) is 0 Å². The van der Waals surface area contributed by atoms with Crippen LogP contribution >= 0.6 is 0 Å². The molecule has 0 spiro atoms. The first-order chi connectivity index (χ1) is 69.5. The molecule has 0 aliphatic rings. The van der Waals surface area contributed by atoms with Crippen LogP contribution in [0, 0.1) is 0 Å². The number of benzene rings is 8. The standard InChI is InChI=1S/C34H22N4.C32H20N6.2C26H16N6/c1-3-15-29-27(13-1)33-31(17-7-19-35-33)37(29)25-11-5-9-23(21-25)24-10-6-12-26(22-24)38-30-16-4-2-14-28(30)34-32(38)18-8-20-36-34;1-3-21(15-23(5-1)37-29-7-11-33-17-25(29)26-18-34-12-8-30(26)37)22-4-2-6-24(16-22)38-31-9-13-35-19-27(31)28-20-36-14-10-32(28)38;1-4-17(31-23-15-27-12-8-19(23)21-6-2-10-29-25(21)31)14-18(5-1)32-24-16-28-13-9-20(24)22-7-3-11-30-26(22)32;1-2-17(31-23-4-8-27-13-19(23)20-14-28-9-5-24(20)31)12-18(3-1)32-25-6-10-29-15-21(25)22-16-30-11-7-26(22)32/h1-22H;1-20H;2*1-16H. The molecule has 0 bridgehead atoms. The maximum atomic E-state index is 4.70. The average Bonchev–Trinajstić information content (AvgIpc) is 1.54. The van der Waals surface area contributed by atoms with Gasteiger partial charge in [0.05, 0.1) is 101 Å². The van der Waals surface area contributed by atoms with Crippen LogP contribution in [0.15, 0.2) is 452 Å². The van der Waals surface area contributed by atoms with E-state index in [4.69, 9.17) is 19.9 Å². The molecule has 0 N–H and O–H groups in total. The fraction of sp³-hybridized carbons (Fsp3) is 0. The van der Waals surface area contributed by atoms with E-state index in [-0.39, 0.29) is 0 Å². The zero-order valence-electron chi connectivity index (χ0n) is 74.6. The molecule has 0 atom stereocenters. The number of para-hydroxylation sites is 2. The van der Waals surface area contributed by atoms with Gasteiger partial charge >= 0.3 is 0 Å². The van der Waals surface area contributed by atoms with Crippen LogP contribution in [-0.4, -0.2) is 106 Å². The smallest absolute Gasteiger partial charge is 0.145 e. The van der Waals surface area contributed by atoms with E-state index in [9.17, 15) is 0 Å². The largest absolute Gasteiger partial charge is 0.309 e. The normalized spacial score (nSPS) is 11.7. The fourth-order valence-corrected chi connectivity index (χ4v) is 20.8. The summed E-state index contributed by atoms with van der Waals surface area (Å²) in [5.41, 5.74) is 32.6. The van der Waals surface area contributed by atoms with Crippen molar-refractivity contribution in [2.24, 2.45) is 0 Å². The highest BCUT2D eigenvalue weighted by atomic mass is 15.1. The summed E-state index contributed by atoms with van der Waals surface area (Å²) >= 11 is 0. The second kappa shape index (κ2) is 33.2. The lowest BCUT2D eigenvalue weighted by molar-refractivity contribution is 1.09. The maximum absolute atomic E-state index is 4.70. The summed E-state index contributed by atoms with van der Waals surface area (Å²) in [5.74, 6) is 0. The minimum atomic E-state index is 0.912. The first kappa shape index (κ1) is 80.0. The molecule has 0 unspecified atom stereocenters. The lowest BCUT2D eigenvalue weighted by atomic mass is 10.0. The Morgan fingerprint density at radius 1 is 0.129 bits per heavy atom. The minimum absolute atomic E-state index is 0.912. The van der Waals surface area contributed by atoms with Gasteiger partial charge in [-0.15, -0.1) is 0 Å². The average molecular weight is 1800 g/mol. The third-order valence-corrected chi connectivity index (χ3v) is 26.8. The Hall–Kier alpha value is -19.7. The number of rotatable bonds is 10. The van der Waals surface area contributed by atoms with Crippen LogP contribution in [0.4, 0.5) is 0 Å². The van der Waals surface area contributed by atoms with Crippen molar-refractivity contribution in [3.8, 4) is 67.8 Å². The molecule has 656 valence electrons. The van der Waals surface area contributed by atoms with E-state index in [0.29, 0.717) is 0 Å². The number of aromatic nitrogens is 22. The second-order valence-electron chi connectivity index (χ2n) is 34.4. The molecular weight excluding hydrogens is 1730 g/mol. The Morgan fingerprint density at radius 3 is 0.657 bits per heavy atom. The van der Waals surface area contributed by atoms with Gasteiger partial charge in [-0.3, -0.25) is 68.9 Å². The highest BCUT2D eigenvalue weighted by Crippen LogP contribution is 2.43. The predicted molar refractivity (Wildman–Crippen MR) is 560 cm³/mol. The fourth-order valence-electron chi connectivity index (χ4n) is 20.8. The molecular formula is C118H74N22. The van der Waals surface area contributed by atoms with Crippen LogP contribution in [-0.2, 0) is 0 Å². The first-order valence-corrected chi connectivity index (χ1v) is 46.0. The van der Waals surface area contributed by atoms with Gasteiger partial charge in [0.1, 0.15) is 11.3 Å². The summed E-state index contributed by atoms with van der Waals surface area (Å²) in [6.07, 6.45) is 44.9. The van der Waals surface area contributed by atoms with Gasteiger partial charge in [-0.1, -0.05) is 97.1 Å². The number of nitrogens with zero attached hydrogens (tertiary/aromatic N) is 22. The van der Waals surface area contributed by atoms with Crippen molar-refractivity contribution in [2.75, 3.05) is 0 Å². The van der Waals surface area contributed by atoms with E-state index in [1.54, 1.807) is 0 Å². The van der Waals surface area contributed by atoms with Gasteiger partial charge in [-0.2, -0.15) is 0 Å². The van der Waals surface area contributed by atoms with Crippen molar-refractivity contribution < 1.29 is 0 Å². The molecule has 0 saturated heterocycles. The Kier molecular flexibility index (Phi) is 18.9. The van der Waals surface area contributed by atoms with Gasteiger partial charge < -0.3 is 27.4 Å². The Morgan fingerprint density at radius 2 is 0.350 bits per heavy atom. The summed E-state index contributed by atoms with van der Waals surface area (Å²) in [7, 11) is 0. The zero-order valence-corrected chi connectivity index (χ0v) is 74.6. The highest BCUT2D eigenvalue weighted by Gasteiger charge is 2.24. The quantitative estimate of drug-likeness (QED) is 0.124. The Labute approximate surface area is 796 Å². The lowest BCUT2D eigenvalue weighted by Gasteiger charge is -2.12. The van der Waals surface area contributed by atoms with E-state index in [1.165, 1.54) is 0 Å². The van der Waals surface area contributed by atoms with Crippen LogP contribution in [0.1, 0.15) is 0 Å². The molecule has 0 aliphatic carbocycles. The molecule has 0 saturated carbocycles. The number of fused-ring (bicyclic) bond motifs is 24. The summed E-state index contributed by atoms with van der Waals surface area (Å²) in [6, 6.07) is 106. The van der Waals surface area contributed by atoms with E-state index in [2.05, 4.69) is 353 Å². The van der Waals surface area contributed by atoms with Gasteiger partial charge in [0.2, 0.25) is 0 Å². The van der Waals surface area contributed by atoms with E-state index in [0.717, 1.165) is 243 Å². The van der Waals surface area contributed by atoms with Crippen LogP contribution in [0.3, 0.4) is 0 Å². The van der Waals surface area contributed by atoms with Crippen LogP contribution in [0.2, 0.25) is 0 Å². The Balaban J connectivity index is 0.0000000940. The number of hydrogen-bond donors (Lipinski definition) is 0. The summed E-state index contributed by atoms with van der Waals surface area (Å²) in [4.78, 5) is 62.3.